The van der Waals surface area contributed by atoms with Crippen molar-refractivity contribution in [3.05, 3.63) is 82.1 Å². The average molecular weight is 344 g/mol. The van der Waals surface area contributed by atoms with E-state index in [1.54, 1.807) is 36.4 Å². The maximum atomic E-state index is 12.7. The van der Waals surface area contributed by atoms with Crippen LogP contribution in [0.5, 0.6) is 0 Å². The molecule has 0 N–H and O–H groups in total. The predicted molar refractivity (Wildman–Crippen MR) is 91.4 cm³/mol. The SMILES string of the molecule is O=C(/C(=C/c1cccc(Cl)c1)c1cccc(Cl)c1)n1ccnn1. The van der Waals surface area contributed by atoms with E-state index in [0.717, 1.165) is 5.56 Å². The average Bonchev–Trinajstić information content (AvgIpc) is 3.06. The van der Waals surface area contributed by atoms with Crippen LogP contribution in [0.15, 0.2) is 60.9 Å². The lowest BCUT2D eigenvalue weighted by Crippen LogP contribution is -2.13. The minimum absolute atomic E-state index is 0.301. The summed E-state index contributed by atoms with van der Waals surface area (Å²) in [6.45, 7) is 0. The molecule has 0 amide bonds. The van der Waals surface area contributed by atoms with Crippen LogP contribution >= 0.6 is 23.2 Å². The van der Waals surface area contributed by atoms with Gasteiger partial charge in [0.25, 0.3) is 5.91 Å². The summed E-state index contributed by atoms with van der Waals surface area (Å²) in [6.07, 6.45) is 4.70. The van der Waals surface area contributed by atoms with Crippen molar-refractivity contribution in [2.45, 2.75) is 0 Å². The first-order valence-corrected chi connectivity index (χ1v) is 7.53. The monoisotopic (exact) mass is 343 g/mol. The third-order valence-corrected chi connectivity index (χ3v) is 3.63. The zero-order chi connectivity index (χ0) is 16.2. The van der Waals surface area contributed by atoms with Crippen LogP contribution in [0.25, 0.3) is 11.6 Å². The van der Waals surface area contributed by atoms with E-state index >= 15 is 0 Å². The predicted octanol–water partition coefficient (Wildman–Crippen LogP) is 4.47. The molecule has 0 saturated heterocycles. The van der Waals surface area contributed by atoms with E-state index in [1.807, 2.05) is 18.2 Å². The Hall–Kier alpha value is -2.43. The van der Waals surface area contributed by atoms with Gasteiger partial charge in [0.15, 0.2) is 0 Å². The second-order valence-corrected chi connectivity index (χ2v) is 5.65. The Balaban J connectivity index is 2.12. The van der Waals surface area contributed by atoms with Crippen LogP contribution in [0.3, 0.4) is 0 Å². The lowest BCUT2D eigenvalue weighted by Gasteiger charge is -2.08. The molecule has 0 atom stereocenters. The number of benzene rings is 2. The largest absolute Gasteiger partial charge is 0.280 e. The minimum Gasteiger partial charge on any atom is -0.267 e. The van der Waals surface area contributed by atoms with Gasteiger partial charge >= 0.3 is 0 Å². The molecule has 23 heavy (non-hydrogen) atoms. The highest BCUT2D eigenvalue weighted by Crippen LogP contribution is 2.24. The topological polar surface area (TPSA) is 47.8 Å². The van der Waals surface area contributed by atoms with Gasteiger partial charge in [-0.2, -0.15) is 4.68 Å². The quantitative estimate of drug-likeness (QED) is 0.520. The molecule has 114 valence electrons. The number of rotatable bonds is 3. The normalized spacial score (nSPS) is 11.5. The highest BCUT2D eigenvalue weighted by atomic mass is 35.5. The first kappa shape index (κ1) is 15.5. The van der Waals surface area contributed by atoms with Crippen LogP contribution < -0.4 is 0 Å². The highest BCUT2D eigenvalue weighted by molar-refractivity contribution is 6.32. The van der Waals surface area contributed by atoms with Crippen molar-refractivity contribution in [3.8, 4) is 0 Å². The summed E-state index contributed by atoms with van der Waals surface area (Å²) in [5, 5.41) is 8.58. The highest BCUT2D eigenvalue weighted by Gasteiger charge is 2.15. The first-order chi connectivity index (χ1) is 11.1. The molecule has 4 nitrogen and oxygen atoms in total. The fraction of sp³-hybridized carbons (Fsp3) is 0. The van der Waals surface area contributed by atoms with Crippen LogP contribution in [0.2, 0.25) is 10.0 Å². The Morgan fingerprint density at radius 2 is 1.78 bits per heavy atom. The number of halogens is 2. The van der Waals surface area contributed by atoms with Gasteiger partial charge in [-0.1, -0.05) is 52.7 Å². The molecule has 0 aliphatic carbocycles. The van der Waals surface area contributed by atoms with E-state index in [-0.39, 0.29) is 5.91 Å². The number of carbonyl (C=O) groups excluding carboxylic acids is 1. The summed E-state index contributed by atoms with van der Waals surface area (Å²) in [5.74, 6) is -0.301. The number of hydrogen-bond donors (Lipinski definition) is 0. The summed E-state index contributed by atoms with van der Waals surface area (Å²) in [7, 11) is 0. The molecule has 0 radical (unpaired) electrons. The molecular weight excluding hydrogens is 333 g/mol. The van der Waals surface area contributed by atoms with Crippen LogP contribution in [-0.4, -0.2) is 20.9 Å². The van der Waals surface area contributed by atoms with Crippen molar-refractivity contribution in [3.63, 3.8) is 0 Å². The number of allylic oxidation sites excluding steroid dienone is 1. The lowest BCUT2D eigenvalue weighted by atomic mass is 10.0. The van der Waals surface area contributed by atoms with Gasteiger partial charge in [0, 0.05) is 15.6 Å². The van der Waals surface area contributed by atoms with Crippen molar-refractivity contribution in [1.29, 1.82) is 0 Å². The molecule has 0 fully saturated rings. The van der Waals surface area contributed by atoms with Gasteiger partial charge in [-0.15, -0.1) is 5.10 Å². The van der Waals surface area contributed by atoms with Crippen molar-refractivity contribution < 1.29 is 4.79 Å². The van der Waals surface area contributed by atoms with Gasteiger partial charge in [-0.25, -0.2) is 0 Å². The smallest absolute Gasteiger partial charge is 0.267 e. The second kappa shape index (κ2) is 6.77. The molecule has 1 heterocycles. The van der Waals surface area contributed by atoms with E-state index in [2.05, 4.69) is 10.3 Å². The first-order valence-electron chi connectivity index (χ1n) is 6.78. The molecule has 6 heteroatoms. The van der Waals surface area contributed by atoms with Crippen LogP contribution in [0.4, 0.5) is 0 Å². The van der Waals surface area contributed by atoms with E-state index in [4.69, 9.17) is 23.2 Å². The van der Waals surface area contributed by atoms with Crippen molar-refractivity contribution in [2.75, 3.05) is 0 Å². The van der Waals surface area contributed by atoms with Gasteiger partial charge in [-0.05, 0) is 41.5 Å². The van der Waals surface area contributed by atoms with Gasteiger partial charge in [0.2, 0.25) is 0 Å². The summed E-state index contributed by atoms with van der Waals surface area (Å²) in [6, 6.07) is 14.3. The molecule has 0 spiro atoms. The maximum Gasteiger partial charge on any atom is 0.280 e. The third kappa shape index (κ3) is 3.67. The summed E-state index contributed by atoms with van der Waals surface area (Å²) < 4.78 is 1.18. The number of carbonyl (C=O) groups is 1. The van der Waals surface area contributed by atoms with Gasteiger partial charge in [0.05, 0.1) is 12.4 Å². The summed E-state index contributed by atoms with van der Waals surface area (Å²) in [5.41, 5.74) is 1.94. The number of hydrogen-bond acceptors (Lipinski definition) is 3. The Labute approximate surface area is 143 Å². The summed E-state index contributed by atoms with van der Waals surface area (Å²) >= 11 is 12.1. The Morgan fingerprint density at radius 1 is 1.04 bits per heavy atom. The van der Waals surface area contributed by atoms with Crippen molar-refractivity contribution in [1.82, 2.24) is 15.0 Å². The molecular formula is C17H11Cl2N3O. The Bertz CT molecular complexity index is 873. The van der Waals surface area contributed by atoms with Gasteiger partial charge in [0.1, 0.15) is 0 Å². The second-order valence-electron chi connectivity index (χ2n) is 4.78. The number of aromatic nitrogens is 3. The van der Waals surface area contributed by atoms with E-state index < -0.39 is 0 Å². The third-order valence-electron chi connectivity index (χ3n) is 3.16. The van der Waals surface area contributed by atoms with Crippen LogP contribution in [0.1, 0.15) is 15.9 Å². The fourth-order valence-electron chi connectivity index (χ4n) is 2.13. The molecule has 0 bridgehead atoms. The van der Waals surface area contributed by atoms with Crippen molar-refractivity contribution in [2.24, 2.45) is 0 Å². The standard InChI is InChI=1S/C17H11Cl2N3O/c18-14-5-1-3-12(9-14)10-16(13-4-2-6-15(19)11-13)17(23)22-8-7-20-21-22/h1-11H/b16-10+. The molecule has 1 aromatic heterocycles. The minimum atomic E-state index is -0.301. The van der Waals surface area contributed by atoms with E-state index in [1.165, 1.54) is 17.1 Å². The van der Waals surface area contributed by atoms with Gasteiger partial charge < -0.3 is 0 Å². The molecule has 3 aromatic rings. The zero-order valence-corrected chi connectivity index (χ0v) is 13.4. The molecule has 0 aliphatic heterocycles. The van der Waals surface area contributed by atoms with E-state index in [0.29, 0.717) is 21.2 Å². The van der Waals surface area contributed by atoms with Crippen LogP contribution in [-0.2, 0) is 0 Å². The Kier molecular flexibility index (Phi) is 4.55. The van der Waals surface area contributed by atoms with Crippen molar-refractivity contribution >= 4 is 40.8 Å². The zero-order valence-electron chi connectivity index (χ0n) is 11.9. The van der Waals surface area contributed by atoms with E-state index in [9.17, 15) is 4.79 Å². The lowest BCUT2D eigenvalue weighted by molar-refractivity contribution is 0.0963. The molecule has 0 saturated carbocycles. The van der Waals surface area contributed by atoms with Crippen LogP contribution in [0, 0.1) is 0 Å². The fourth-order valence-corrected chi connectivity index (χ4v) is 2.52. The molecule has 0 aliphatic rings. The molecule has 0 unspecified atom stereocenters. The maximum absolute atomic E-state index is 12.7. The molecule has 3 rings (SSSR count). The number of nitrogens with zero attached hydrogens (tertiary/aromatic N) is 3. The summed E-state index contributed by atoms with van der Waals surface area (Å²) in [4.78, 5) is 12.7. The molecule has 2 aromatic carbocycles. The Morgan fingerprint density at radius 3 is 2.43 bits per heavy atom. The van der Waals surface area contributed by atoms with Gasteiger partial charge in [-0.3, -0.25) is 4.79 Å².